The number of aromatic nitrogens is 2. The monoisotopic (exact) mass is 395 g/mol. The highest BCUT2D eigenvalue weighted by Gasteiger charge is 2.31. The maximum absolute atomic E-state index is 13.2. The summed E-state index contributed by atoms with van der Waals surface area (Å²) >= 11 is 0. The number of aryl methyl sites for hydroxylation is 1. The van der Waals surface area contributed by atoms with E-state index in [2.05, 4.69) is 52.0 Å². The summed E-state index contributed by atoms with van der Waals surface area (Å²) in [5.41, 5.74) is 4.49. The maximum Gasteiger partial charge on any atom is 0.266 e. The molecule has 0 saturated carbocycles. The molecule has 2 aromatic rings. The van der Waals surface area contributed by atoms with Crippen molar-refractivity contribution < 1.29 is 4.79 Å². The zero-order valence-electron chi connectivity index (χ0n) is 17.2. The van der Waals surface area contributed by atoms with E-state index in [4.69, 9.17) is 0 Å². The summed E-state index contributed by atoms with van der Waals surface area (Å²) in [7, 11) is 0. The van der Waals surface area contributed by atoms with Crippen molar-refractivity contribution in [2.75, 3.05) is 49.1 Å². The Hall–Kier alpha value is -2.83. The molecule has 1 aromatic heterocycles. The number of piperazine rings is 1. The Morgan fingerprint density at radius 1 is 1.10 bits per heavy atom. The number of hydrogen-bond donors (Lipinski definition) is 1. The first kappa shape index (κ1) is 19.5. The Kier molecular flexibility index (Phi) is 5.56. The van der Waals surface area contributed by atoms with E-state index in [-0.39, 0.29) is 17.4 Å². The van der Waals surface area contributed by atoms with E-state index in [0.717, 1.165) is 51.3 Å². The van der Waals surface area contributed by atoms with Crippen molar-refractivity contribution in [1.29, 1.82) is 0 Å². The van der Waals surface area contributed by atoms with Gasteiger partial charge in [-0.1, -0.05) is 12.1 Å². The van der Waals surface area contributed by atoms with E-state index < -0.39 is 0 Å². The number of H-pyrrole nitrogens is 1. The Bertz CT molecular complexity index is 933. The highest BCUT2D eigenvalue weighted by atomic mass is 16.2. The van der Waals surface area contributed by atoms with Gasteiger partial charge in [-0.25, -0.2) is 5.10 Å². The molecule has 0 unspecified atom stereocenters. The average Bonchev–Trinajstić information content (AvgIpc) is 2.75. The van der Waals surface area contributed by atoms with Gasteiger partial charge >= 0.3 is 0 Å². The van der Waals surface area contributed by atoms with Gasteiger partial charge in [0.15, 0.2) is 0 Å². The fraction of sp³-hybridized carbons (Fsp3) is 0.500. The largest absolute Gasteiger partial charge is 0.369 e. The van der Waals surface area contributed by atoms with Gasteiger partial charge in [-0.3, -0.25) is 9.59 Å². The van der Waals surface area contributed by atoms with Crippen LogP contribution in [0.25, 0.3) is 0 Å². The summed E-state index contributed by atoms with van der Waals surface area (Å²) in [5.74, 6) is 0.225. The van der Waals surface area contributed by atoms with Gasteiger partial charge in [0.05, 0.1) is 17.8 Å². The molecule has 4 rings (SSSR count). The first-order chi connectivity index (χ1) is 14.0. The molecule has 1 N–H and O–H groups in total. The van der Waals surface area contributed by atoms with E-state index >= 15 is 0 Å². The molecule has 1 aromatic carbocycles. The Morgan fingerprint density at radius 2 is 1.90 bits per heavy atom. The van der Waals surface area contributed by atoms with Gasteiger partial charge in [-0.15, -0.1) is 0 Å². The number of benzene rings is 1. The SMILES string of the molecule is Cc1cccc(N2CCN(C(=O)[C@H]3CCCN(c4cn[nH]c(=O)c4)C3)CC2)c1C. The molecule has 2 aliphatic rings. The van der Waals surface area contributed by atoms with Crippen molar-refractivity contribution in [3.05, 3.63) is 51.9 Å². The van der Waals surface area contributed by atoms with Gasteiger partial charge in [0, 0.05) is 51.0 Å². The summed E-state index contributed by atoms with van der Waals surface area (Å²) in [5, 5.41) is 6.30. The predicted molar refractivity (Wildman–Crippen MR) is 115 cm³/mol. The van der Waals surface area contributed by atoms with Crippen LogP contribution >= 0.6 is 0 Å². The van der Waals surface area contributed by atoms with Crippen LogP contribution in [0, 0.1) is 19.8 Å². The molecule has 154 valence electrons. The number of nitrogens with one attached hydrogen (secondary N) is 1. The Morgan fingerprint density at radius 3 is 2.66 bits per heavy atom. The molecule has 0 bridgehead atoms. The van der Waals surface area contributed by atoms with Gasteiger partial charge in [0.2, 0.25) is 5.91 Å². The number of carbonyl (C=O) groups excluding carboxylic acids is 1. The van der Waals surface area contributed by atoms with E-state index in [0.29, 0.717) is 6.54 Å². The van der Waals surface area contributed by atoms with E-state index in [9.17, 15) is 9.59 Å². The zero-order chi connectivity index (χ0) is 20.4. The third-order valence-corrected chi connectivity index (χ3v) is 6.29. The van der Waals surface area contributed by atoms with Crippen molar-refractivity contribution >= 4 is 17.3 Å². The minimum absolute atomic E-state index is 0.0182. The quantitative estimate of drug-likeness (QED) is 0.860. The smallest absolute Gasteiger partial charge is 0.266 e. The molecule has 29 heavy (non-hydrogen) atoms. The first-order valence-corrected chi connectivity index (χ1v) is 10.4. The number of rotatable bonds is 3. The second kappa shape index (κ2) is 8.27. The molecule has 7 nitrogen and oxygen atoms in total. The molecule has 7 heteroatoms. The van der Waals surface area contributed by atoms with Crippen LogP contribution in [0.1, 0.15) is 24.0 Å². The number of nitrogens with zero attached hydrogens (tertiary/aromatic N) is 4. The van der Waals surface area contributed by atoms with Crippen LogP contribution in [0.2, 0.25) is 0 Å². The number of hydrogen-bond acceptors (Lipinski definition) is 5. The number of aromatic amines is 1. The lowest BCUT2D eigenvalue weighted by Crippen LogP contribution is -2.52. The van der Waals surface area contributed by atoms with Crippen LogP contribution in [0.3, 0.4) is 0 Å². The number of carbonyl (C=O) groups is 1. The van der Waals surface area contributed by atoms with Crippen LogP contribution in [0.5, 0.6) is 0 Å². The highest BCUT2D eigenvalue weighted by molar-refractivity contribution is 5.80. The van der Waals surface area contributed by atoms with E-state index in [1.807, 2.05) is 4.90 Å². The van der Waals surface area contributed by atoms with Crippen molar-refractivity contribution in [3.8, 4) is 0 Å². The zero-order valence-corrected chi connectivity index (χ0v) is 17.2. The molecule has 3 heterocycles. The molecule has 2 saturated heterocycles. The number of piperidine rings is 1. The molecule has 2 aliphatic heterocycles. The van der Waals surface area contributed by atoms with Crippen molar-refractivity contribution in [2.24, 2.45) is 5.92 Å². The Labute approximate surface area is 171 Å². The van der Waals surface area contributed by atoms with Crippen molar-refractivity contribution in [1.82, 2.24) is 15.1 Å². The Balaban J connectivity index is 1.38. The third kappa shape index (κ3) is 4.13. The highest BCUT2D eigenvalue weighted by Crippen LogP contribution is 2.26. The van der Waals surface area contributed by atoms with Gasteiger partial charge in [0.1, 0.15) is 0 Å². The molecule has 0 spiro atoms. The van der Waals surface area contributed by atoms with Gasteiger partial charge in [-0.05, 0) is 43.9 Å². The normalized spacial score (nSPS) is 20.1. The molecular formula is C22H29N5O2. The van der Waals surface area contributed by atoms with Crippen molar-refractivity contribution in [2.45, 2.75) is 26.7 Å². The molecule has 2 fully saturated rings. The molecule has 0 aliphatic carbocycles. The van der Waals surface area contributed by atoms with E-state index in [1.54, 1.807) is 12.3 Å². The number of anilines is 2. The lowest BCUT2D eigenvalue weighted by atomic mass is 9.95. The van der Waals surface area contributed by atoms with Crippen molar-refractivity contribution in [3.63, 3.8) is 0 Å². The van der Waals surface area contributed by atoms with Gasteiger partial charge < -0.3 is 14.7 Å². The van der Waals surface area contributed by atoms with Gasteiger partial charge in [0.25, 0.3) is 5.56 Å². The predicted octanol–water partition coefficient (Wildman–Crippen LogP) is 1.95. The van der Waals surface area contributed by atoms with Crippen LogP contribution in [0.4, 0.5) is 11.4 Å². The van der Waals surface area contributed by atoms with Crippen LogP contribution < -0.4 is 15.4 Å². The summed E-state index contributed by atoms with van der Waals surface area (Å²) in [6, 6.07) is 7.98. The lowest BCUT2D eigenvalue weighted by Gasteiger charge is -2.40. The summed E-state index contributed by atoms with van der Waals surface area (Å²) in [6.45, 7) is 9.07. The average molecular weight is 396 g/mol. The third-order valence-electron chi connectivity index (χ3n) is 6.29. The molecule has 0 radical (unpaired) electrons. The van der Waals surface area contributed by atoms with Crippen LogP contribution in [0.15, 0.2) is 35.3 Å². The fourth-order valence-corrected chi connectivity index (χ4v) is 4.46. The lowest BCUT2D eigenvalue weighted by molar-refractivity contribution is -0.136. The first-order valence-electron chi connectivity index (χ1n) is 10.4. The topological polar surface area (TPSA) is 72.5 Å². The summed E-state index contributed by atoms with van der Waals surface area (Å²) in [4.78, 5) is 31.2. The molecular weight excluding hydrogens is 366 g/mol. The van der Waals surface area contributed by atoms with Gasteiger partial charge in [-0.2, -0.15) is 5.10 Å². The summed E-state index contributed by atoms with van der Waals surface area (Å²) < 4.78 is 0. The molecule has 1 amide bonds. The second-order valence-corrected chi connectivity index (χ2v) is 8.12. The van der Waals surface area contributed by atoms with Crippen LogP contribution in [-0.4, -0.2) is 60.3 Å². The fourth-order valence-electron chi connectivity index (χ4n) is 4.46. The molecule has 1 atom stereocenters. The van der Waals surface area contributed by atoms with Crippen LogP contribution in [-0.2, 0) is 4.79 Å². The summed E-state index contributed by atoms with van der Waals surface area (Å²) in [6.07, 6.45) is 3.52. The maximum atomic E-state index is 13.2. The standard InChI is InChI=1S/C22H29N5O2/c1-16-5-3-7-20(17(16)2)25-9-11-26(12-10-25)22(29)18-6-4-8-27(15-18)19-13-21(28)24-23-14-19/h3,5,7,13-14,18H,4,6,8-12,15H2,1-2H3,(H,24,28)/t18-/m0/s1. The number of amides is 1. The minimum Gasteiger partial charge on any atom is -0.369 e. The van der Waals surface area contributed by atoms with E-state index in [1.165, 1.54) is 16.8 Å². The second-order valence-electron chi connectivity index (χ2n) is 8.12. The minimum atomic E-state index is -0.210.